The Balaban J connectivity index is 1.93. The third-order valence-electron chi connectivity index (χ3n) is 4.20. The molecule has 1 heterocycles. The molecule has 4 aromatic rings. The molecule has 0 saturated heterocycles. The van der Waals surface area contributed by atoms with Crippen LogP contribution in [0.2, 0.25) is 0 Å². The van der Waals surface area contributed by atoms with Crippen molar-refractivity contribution < 1.29 is 9.50 Å². The first-order valence-corrected chi connectivity index (χ1v) is 8.11. The monoisotopic (exact) mass is 346 g/mol. The zero-order chi connectivity index (χ0) is 17.9. The minimum Gasteiger partial charge on any atom is -0.392 e. The van der Waals surface area contributed by atoms with Crippen LogP contribution in [0.4, 0.5) is 4.39 Å². The predicted octanol–water partition coefficient (Wildman–Crippen LogP) is 3.63. The van der Waals surface area contributed by atoms with Gasteiger partial charge in [-0.2, -0.15) is 4.68 Å². The first-order chi connectivity index (χ1) is 12.8. The Morgan fingerprint density at radius 3 is 2.23 bits per heavy atom. The fourth-order valence-electron chi connectivity index (χ4n) is 2.97. The molecule has 0 unspecified atom stereocenters. The van der Waals surface area contributed by atoms with Crippen molar-refractivity contribution in [1.82, 2.24) is 20.2 Å². The highest BCUT2D eigenvalue weighted by Crippen LogP contribution is 2.33. The van der Waals surface area contributed by atoms with Crippen LogP contribution in [-0.4, -0.2) is 25.3 Å². The summed E-state index contributed by atoms with van der Waals surface area (Å²) in [5.41, 5.74) is 3.57. The summed E-state index contributed by atoms with van der Waals surface area (Å²) in [6, 6.07) is 21.5. The average molecular weight is 346 g/mol. The van der Waals surface area contributed by atoms with Gasteiger partial charge in [0.2, 0.25) is 0 Å². The van der Waals surface area contributed by atoms with Crippen molar-refractivity contribution in [3.05, 3.63) is 84.2 Å². The van der Waals surface area contributed by atoms with E-state index in [4.69, 9.17) is 0 Å². The lowest BCUT2D eigenvalue weighted by Crippen LogP contribution is -2.03. The summed E-state index contributed by atoms with van der Waals surface area (Å²) < 4.78 is 15.6. The molecule has 1 N–H and O–H groups in total. The van der Waals surface area contributed by atoms with E-state index in [1.54, 1.807) is 18.2 Å². The minimum absolute atomic E-state index is 0.0806. The van der Waals surface area contributed by atoms with E-state index in [0.717, 1.165) is 22.3 Å². The molecule has 6 heteroatoms. The van der Waals surface area contributed by atoms with Crippen LogP contribution in [0.25, 0.3) is 28.2 Å². The van der Waals surface area contributed by atoms with Crippen LogP contribution in [0.5, 0.6) is 0 Å². The van der Waals surface area contributed by atoms with E-state index in [0.29, 0.717) is 5.82 Å². The van der Waals surface area contributed by atoms with Crippen LogP contribution in [0.15, 0.2) is 72.8 Å². The zero-order valence-corrected chi connectivity index (χ0v) is 13.7. The number of nitrogens with zero attached hydrogens (tertiary/aromatic N) is 4. The van der Waals surface area contributed by atoms with Crippen LogP contribution in [-0.2, 0) is 6.61 Å². The Kier molecular flexibility index (Phi) is 4.25. The van der Waals surface area contributed by atoms with Gasteiger partial charge in [-0.1, -0.05) is 60.7 Å². The summed E-state index contributed by atoms with van der Waals surface area (Å²) in [7, 11) is 0. The summed E-state index contributed by atoms with van der Waals surface area (Å²) in [6.07, 6.45) is 0. The van der Waals surface area contributed by atoms with Crippen LogP contribution < -0.4 is 0 Å². The van der Waals surface area contributed by atoms with E-state index in [1.165, 1.54) is 10.7 Å². The van der Waals surface area contributed by atoms with Crippen LogP contribution in [0.1, 0.15) is 5.56 Å². The molecule has 0 aliphatic carbocycles. The maximum atomic E-state index is 14.2. The average Bonchev–Trinajstić information content (AvgIpc) is 3.17. The molecule has 5 nitrogen and oxygen atoms in total. The molecule has 0 aliphatic heterocycles. The highest BCUT2D eigenvalue weighted by Gasteiger charge is 2.18. The lowest BCUT2D eigenvalue weighted by molar-refractivity contribution is 0.282. The van der Waals surface area contributed by atoms with Crippen molar-refractivity contribution in [3.63, 3.8) is 0 Å². The molecular formula is C20H15FN4O. The van der Waals surface area contributed by atoms with E-state index in [2.05, 4.69) is 15.5 Å². The first kappa shape index (κ1) is 16.1. The van der Waals surface area contributed by atoms with E-state index in [1.807, 2.05) is 48.5 Å². The lowest BCUT2D eigenvalue weighted by Gasteiger charge is -2.13. The molecule has 4 rings (SSSR count). The van der Waals surface area contributed by atoms with Crippen LogP contribution in [0, 0.1) is 5.82 Å². The second-order valence-electron chi connectivity index (χ2n) is 5.73. The molecule has 0 atom stereocenters. The number of tetrazole rings is 1. The van der Waals surface area contributed by atoms with E-state index >= 15 is 0 Å². The van der Waals surface area contributed by atoms with Crippen LogP contribution in [0.3, 0.4) is 0 Å². The smallest absolute Gasteiger partial charge is 0.187 e. The number of aliphatic hydroxyl groups is 1. The van der Waals surface area contributed by atoms with Gasteiger partial charge in [-0.05, 0) is 39.2 Å². The predicted molar refractivity (Wildman–Crippen MR) is 95.9 cm³/mol. The van der Waals surface area contributed by atoms with Crippen molar-refractivity contribution >= 4 is 0 Å². The van der Waals surface area contributed by atoms with Gasteiger partial charge < -0.3 is 5.11 Å². The zero-order valence-electron chi connectivity index (χ0n) is 13.7. The fourth-order valence-corrected chi connectivity index (χ4v) is 2.97. The van der Waals surface area contributed by atoms with Gasteiger partial charge in [0.25, 0.3) is 0 Å². The van der Waals surface area contributed by atoms with Gasteiger partial charge in [-0.15, -0.1) is 5.10 Å². The number of halogens is 1. The molecule has 0 aliphatic rings. The number of hydrogen-bond acceptors (Lipinski definition) is 4. The molecular weight excluding hydrogens is 331 g/mol. The number of hydrogen-bond donors (Lipinski definition) is 1. The maximum Gasteiger partial charge on any atom is 0.187 e. The van der Waals surface area contributed by atoms with Gasteiger partial charge >= 0.3 is 0 Å². The van der Waals surface area contributed by atoms with Crippen molar-refractivity contribution in [2.45, 2.75) is 6.61 Å². The molecule has 0 saturated carbocycles. The van der Waals surface area contributed by atoms with Gasteiger partial charge in [0.05, 0.1) is 6.61 Å². The molecule has 0 amide bonds. The topological polar surface area (TPSA) is 63.8 Å². The maximum absolute atomic E-state index is 14.2. The molecule has 0 fully saturated rings. The Hall–Kier alpha value is -3.38. The van der Waals surface area contributed by atoms with E-state index < -0.39 is 5.82 Å². The summed E-state index contributed by atoms with van der Waals surface area (Å²) >= 11 is 0. The van der Waals surface area contributed by atoms with Gasteiger partial charge in [0.15, 0.2) is 5.82 Å². The normalized spacial score (nSPS) is 10.8. The molecule has 128 valence electrons. The van der Waals surface area contributed by atoms with Gasteiger partial charge in [-0.3, -0.25) is 0 Å². The molecule has 0 spiro atoms. The molecule has 0 radical (unpaired) electrons. The molecule has 1 aromatic heterocycles. The highest BCUT2D eigenvalue weighted by atomic mass is 19.1. The third-order valence-corrected chi connectivity index (χ3v) is 4.20. The van der Waals surface area contributed by atoms with E-state index in [9.17, 15) is 9.50 Å². The number of rotatable bonds is 4. The quantitative estimate of drug-likeness (QED) is 0.613. The Morgan fingerprint density at radius 1 is 0.808 bits per heavy atom. The van der Waals surface area contributed by atoms with Crippen LogP contribution >= 0.6 is 0 Å². The molecule has 3 aromatic carbocycles. The van der Waals surface area contributed by atoms with Gasteiger partial charge in [0, 0.05) is 5.56 Å². The van der Waals surface area contributed by atoms with E-state index in [-0.39, 0.29) is 12.3 Å². The first-order valence-electron chi connectivity index (χ1n) is 8.11. The lowest BCUT2D eigenvalue weighted by atomic mass is 9.95. The SMILES string of the molecule is OCc1ccccc1-c1ccccc1-c1nnnn1-c1ccccc1F. The van der Waals surface area contributed by atoms with Gasteiger partial charge in [0.1, 0.15) is 11.5 Å². The third kappa shape index (κ3) is 2.76. The Bertz CT molecular complexity index is 1060. The molecule has 26 heavy (non-hydrogen) atoms. The standard InChI is InChI=1S/C20H15FN4O/c21-18-11-5-6-12-19(18)25-20(22-23-24-25)17-10-4-3-9-16(17)15-8-2-1-7-14(15)13-26/h1-12,26H,13H2. The molecule has 0 bridgehead atoms. The number of aromatic nitrogens is 4. The number of aliphatic hydroxyl groups excluding tert-OH is 1. The second-order valence-corrected chi connectivity index (χ2v) is 5.73. The summed E-state index contributed by atoms with van der Waals surface area (Å²) in [5, 5.41) is 21.5. The van der Waals surface area contributed by atoms with Crippen molar-refractivity contribution in [2.24, 2.45) is 0 Å². The Labute approximate surface area is 149 Å². The van der Waals surface area contributed by atoms with Gasteiger partial charge in [-0.25, -0.2) is 4.39 Å². The number of benzene rings is 3. The minimum atomic E-state index is -0.408. The Morgan fingerprint density at radius 2 is 1.46 bits per heavy atom. The summed E-state index contributed by atoms with van der Waals surface area (Å²) in [6.45, 7) is -0.0806. The summed E-state index contributed by atoms with van der Waals surface area (Å²) in [5.74, 6) is 0.0210. The van der Waals surface area contributed by atoms with Crippen molar-refractivity contribution in [3.8, 4) is 28.2 Å². The second kappa shape index (κ2) is 6.85. The number of para-hydroxylation sites is 1. The fraction of sp³-hybridized carbons (Fsp3) is 0.0500. The van der Waals surface area contributed by atoms with Crippen molar-refractivity contribution in [2.75, 3.05) is 0 Å². The highest BCUT2D eigenvalue weighted by molar-refractivity contribution is 5.82. The summed E-state index contributed by atoms with van der Waals surface area (Å²) in [4.78, 5) is 0. The largest absolute Gasteiger partial charge is 0.392 e. The van der Waals surface area contributed by atoms with Crippen molar-refractivity contribution in [1.29, 1.82) is 0 Å².